The quantitative estimate of drug-likeness (QED) is 0.756. The summed E-state index contributed by atoms with van der Waals surface area (Å²) in [6.45, 7) is 3.83. The molecule has 1 aromatic carbocycles. The van der Waals surface area contributed by atoms with Crippen molar-refractivity contribution in [2.75, 3.05) is 5.32 Å². The Morgan fingerprint density at radius 3 is 2.74 bits per heavy atom. The van der Waals surface area contributed by atoms with Crippen LogP contribution in [0.3, 0.4) is 0 Å². The zero-order chi connectivity index (χ0) is 19.0. The molecule has 1 N–H and O–H groups in total. The molecule has 2 aromatic heterocycles. The van der Waals surface area contributed by atoms with Crippen LogP contribution in [0.4, 0.5) is 5.69 Å². The Morgan fingerprint density at radius 2 is 2.04 bits per heavy atom. The van der Waals surface area contributed by atoms with Crippen molar-refractivity contribution in [2.45, 2.75) is 39.3 Å². The van der Waals surface area contributed by atoms with E-state index < -0.39 is 0 Å². The molecule has 0 radical (unpaired) electrons. The van der Waals surface area contributed by atoms with Crippen LogP contribution in [0.2, 0.25) is 0 Å². The summed E-state index contributed by atoms with van der Waals surface area (Å²) in [5.74, 6) is 0.291. The Bertz CT molecular complexity index is 1050. The van der Waals surface area contributed by atoms with Gasteiger partial charge in [-0.15, -0.1) is 5.10 Å². The van der Waals surface area contributed by atoms with Gasteiger partial charge in [-0.2, -0.15) is 0 Å². The van der Waals surface area contributed by atoms with Gasteiger partial charge in [-0.25, -0.2) is 9.48 Å². The van der Waals surface area contributed by atoms with Crippen molar-refractivity contribution in [2.24, 2.45) is 0 Å². The van der Waals surface area contributed by atoms with E-state index in [0.717, 1.165) is 35.2 Å². The first-order chi connectivity index (χ1) is 13.0. The molecule has 1 aliphatic rings. The zero-order valence-electron chi connectivity index (χ0n) is 15.3. The highest BCUT2D eigenvalue weighted by atomic mass is 16.2. The number of rotatable bonds is 5. The Kier molecular flexibility index (Phi) is 4.35. The van der Waals surface area contributed by atoms with Crippen LogP contribution >= 0.6 is 0 Å². The number of hydrogen-bond donors (Lipinski definition) is 1. The third-order valence-electron chi connectivity index (χ3n) is 4.87. The van der Waals surface area contributed by atoms with Crippen LogP contribution in [0, 0.1) is 13.8 Å². The third-order valence-corrected chi connectivity index (χ3v) is 4.87. The predicted octanol–water partition coefficient (Wildman–Crippen LogP) is 2.70. The van der Waals surface area contributed by atoms with Gasteiger partial charge in [0.2, 0.25) is 5.91 Å². The van der Waals surface area contributed by atoms with E-state index in [9.17, 15) is 9.59 Å². The minimum atomic E-state index is -0.274. The first kappa shape index (κ1) is 17.2. The largest absolute Gasteiger partial charge is 0.346 e. The molecule has 2 heterocycles. The van der Waals surface area contributed by atoms with Crippen LogP contribution in [-0.4, -0.2) is 25.2 Å². The average Bonchev–Trinajstić information content (AvgIpc) is 3.45. The summed E-state index contributed by atoms with van der Waals surface area (Å²) >= 11 is 0. The van der Waals surface area contributed by atoms with E-state index in [1.54, 1.807) is 17.0 Å². The lowest BCUT2D eigenvalue weighted by Crippen LogP contribution is -2.30. The first-order valence-electron chi connectivity index (χ1n) is 9.00. The fourth-order valence-electron chi connectivity index (χ4n) is 3.09. The van der Waals surface area contributed by atoms with Gasteiger partial charge in [0.1, 0.15) is 6.54 Å². The lowest BCUT2D eigenvalue weighted by Gasteiger charge is -2.10. The molecule has 4 rings (SSSR count). The molecule has 0 saturated heterocycles. The van der Waals surface area contributed by atoms with Crippen LogP contribution in [-0.2, 0) is 11.3 Å². The van der Waals surface area contributed by atoms with Crippen LogP contribution in [0.25, 0.3) is 11.4 Å². The smallest absolute Gasteiger partial charge is 0.324 e. The van der Waals surface area contributed by atoms with Crippen LogP contribution in [0.1, 0.15) is 30.0 Å². The number of benzene rings is 1. The number of nitrogens with one attached hydrogen (secondary N) is 1. The molecule has 0 bridgehead atoms. The maximum atomic E-state index is 12.8. The Morgan fingerprint density at radius 1 is 1.22 bits per heavy atom. The number of pyridine rings is 1. The Balaban J connectivity index is 1.62. The highest BCUT2D eigenvalue weighted by Gasteiger charge is 2.30. The fraction of sp³-hybridized carbons (Fsp3) is 0.300. The van der Waals surface area contributed by atoms with Gasteiger partial charge in [0.05, 0.1) is 0 Å². The lowest BCUT2D eigenvalue weighted by molar-refractivity contribution is -0.117. The summed E-state index contributed by atoms with van der Waals surface area (Å²) in [6, 6.07) is 9.58. The monoisotopic (exact) mass is 363 g/mol. The van der Waals surface area contributed by atoms with Crippen molar-refractivity contribution in [3.05, 3.63) is 64.3 Å². The molecule has 0 aliphatic heterocycles. The van der Waals surface area contributed by atoms with Crippen LogP contribution in [0.5, 0.6) is 0 Å². The van der Waals surface area contributed by atoms with E-state index in [1.807, 2.05) is 44.2 Å². The van der Waals surface area contributed by atoms with Crippen molar-refractivity contribution < 1.29 is 4.79 Å². The number of aromatic nitrogens is 4. The van der Waals surface area contributed by atoms with Gasteiger partial charge < -0.3 is 5.32 Å². The van der Waals surface area contributed by atoms with E-state index in [0.29, 0.717) is 5.82 Å². The predicted molar refractivity (Wildman–Crippen MR) is 103 cm³/mol. The summed E-state index contributed by atoms with van der Waals surface area (Å²) in [5, 5.41) is 7.31. The van der Waals surface area contributed by atoms with Crippen molar-refractivity contribution in [1.29, 1.82) is 0 Å². The molecule has 1 aliphatic carbocycles. The number of carbonyl (C=O) groups excluding carboxylic acids is 1. The minimum Gasteiger partial charge on any atom is -0.324 e. The summed E-state index contributed by atoms with van der Waals surface area (Å²) in [5.41, 5.74) is 3.38. The molecule has 1 fully saturated rings. The fourth-order valence-corrected chi connectivity index (χ4v) is 3.09. The van der Waals surface area contributed by atoms with E-state index >= 15 is 0 Å². The third kappa shape index (κ3) is 3.40. The summed E-state index contributed by atoms with van der Waals surface area (Å²) < 4.78 is 2.92. The normalized spacial score (nSPS) is 13.6. The van der Waals surface area contributed by atoms with Crippen molar-refractivity contribution in [3.63, 3.8) is 0 Å². The second-order valence-electron chi connectivity index (χ2n) is 6.90. The van der Waals surface area contributed by atoms with Gasteiger partial charge in [0.25, 0.3) is 0 Å². The lowest BCUT2D eigenvalue weighted by atomic mass is 10.1. The molecule has 138 valence electrons. The molecule has 1 amide bonds. The number of amides is 1. The standard InChI is InChI=1S/C20H21N5O2/c1-13-5-3-7-17(14(13)2)22-18(26)12-24-20(27)25(16-8-9-16)19(23-24)15-6-4-10-21-11-15/h3-7,10-11,16H,8-9,12H2,1-2H3,(H,22,26). The minimum absolute atomic E-state index is 0.126. The second kappa shape index (κ2) is 6.83. The summed E-state index contributed by atoms with van der Waals surface area (Å²) in [6.07, 6.45) is 5.26. The van der Waals surface area contributed by atoms with Gasteiger partial charge in [-0.1, -0.05) is 12.1 Å². The molecule has 0 spiro atoms. The maximum absolute atomic E-state index is 12.8. The van der Waals surface area contributed by atoms with Gasteiger partial charge in [0.15, 0.2) is 5.82 Å². The van der Waals surface area contributed by atoms with Gasteiger partial charge in [0, 0.05) is 29.7 Å². The van der Waals surface area contributed by atoms with Gasteiger partial charge >= 0.3 is 5.69 Å². The average molecular weight is 363 g/mol. The van der Waals surface area contributed by atoms with Crippen molar-refractivity contribution >= 4 is 11.6 Å². The van der Waals surface area contributed by atoms with Crippen molar-refractivity contribution in [1.82, 2.24) is 19.3 Å². The number of anilines is 1. The molecule has 3 aromatic rings. The summed E-state index contributed by atoms with van der Waals surface area (Å²) in [4.78, 5) is 29.4. The number of aryl methyl sites for hydroxylation is 1. The molecule has 27 heavy (non-hydrogen) atoms. The maximum Gasteiger partial charge on any atom is 0.346 e. The van der Waals surface area contributed by atoms with E-state index in [4.69, 9.17) is 0 Å². The van der Waals surface area contributed by atoms with E-state index in [1.165, 1.54) is 4.68 Å². The SMILES string of the molecule is Cc1cccc(NC(=O)Cn2nc(-c3cccnc3)n(C3CC3)c2=O)c1C. The van der Waals surface area contributed by atoms with E-state index in [2.05, 4.69) is 15.4 Å². The molecule has 1 saturated carbocycles. The molecular formula is C20H21N5O2. The highest BCUT2D eigenvalue weighted by molar-refractivity contribution is 5.91. The van der Waals surface area contributed by atoms with Crippen molar-refractivity contribution in [3.8, 4) is 11.4 Å². The highest BCUT2D eigenvalue weighted by Crippen LogP contribution is 2.36. The van der Waals surface area contributed by atoms with Gasteiger partial charge in [-0.3, -0.25) is 14.3 Å². The summed E-state index contributed by atoms with van der Waals surface area (Å²) in [7, 11) is 0. The number of nitrogens with zero attached hydrogens (tertiary/aromatic N) is 4. The molecule has 7 nitrogen and oxygen atoms in total. The number of hydrogen-bond acceptors (Lipinski definition) is 4. The molecule has 0 atom stereocenters. The topological polar surface area (TPSA) is 81.8 Å². The van der Waals surface area contributed by atoms with Gasteiger partial charge in [-0.05, 0) is 56.0 Å². The molecule has 7 heteroatoms. The number of carbonyl (C=O) groups is 1. The van der Waals surface area contributed by atoms with Crippen LogP contribution in [0.15, 0.2) is 47.5 Å². The van der Waals surface area contributed by atoms with E-state index in [-0.39, 0.29) is 24.2 Å². The zero-order valence-corrected chi connectivity index (χ0v) is 15.3. The molecular weight excluding hydrogens is 342 g/mol. The molecule has 0 unspecified atom stereocenters. The second-order valence-corrected chi connectivity index (χ2v) is 6.90. The Labute approximate surface area is 156 Å². The van der Waals surface area contributed by atoms with Crippen LogP contribution < -0.4 is 11.0 Å². The first-order valence-corrected chi connectivity index (χ1v) is 9.00. The Hall–Kier alpha value is -3.22.